The van der Waals surface area contributed by atoms with E-state index in [-0.39, 0.29) is 0 Å². The summed E-state index contributed by atoms with van der Waals surface area (Å²) in [7, 11) is 0. The summed E-state index contributed by atoms with van der Waals surface area (Å²) in [6.07, 6.45) is 0.920. The monoisotopic (exact) mass is 232 g/mol. The lowest BCUT2D eigenvalue weighted by Crippen LogP contribution is -2.41. The summed E-state index contributed by atoms with van der Waals surface area (Å²) in [5.41, 5.74) is 1.89. The van der Waals surface area contributed by atoms with Gasteiger partial charge in [-0.1, -0.05) is 18.2 Å². The maximum atomic E-state index is 9.41. The third kappa shape index (κ3) is 1.90. The second-order valence-electron chi connectivity index (χ2n) is 4.29. The van der Waals surface area contributed by atoms with E-state index in [0.717, 1.165) is 17.9 Å². The summed E-state index contributed by atoms with van der Waals surface area (Å²) in [4.78, 5) is 0. The molecule has 0 aliphatic carbocycles. The van der Waals surface area contributed by atoms with Gasteiger partial charge in [0.15, 0.2) is 0 Å². The van der Waals surface area contributed by atoms with Crippen molar-refractivity contribution in [3.05, 3.63) is 29.8 Å². The van der Waals surface area contributed by atoms with E-state index in [9.17, 15) is 5.26 Å². The van der Waals surface area contributed by atoms with Crippen LogP contribution >= 0.6 is 11.8 Å². The van der Waals surface area contributed by atoms with Crippen molar-refractivity contribution in [1.29, 1.82) is 5.26 Å². The number of benzene rings is 1. The van der Waals surface area contributed by atoms with Crippen LogP contribution in [0.1, 0.15) is 18.9 Å². The number of para-hydroxylation sites is 1. The smallest absolute Gasteiger partial charge is 0.137 e. The molecule has 1 heterocycles. The molecule has 0 spiro atoms. The van der Waals surface area contributed by atoms with Crippen molar-refractivity contribution in [3.63, 3.8) is 0 Å². The van der Waals surface area contributed by atoms with Crippen LogP contribution in [0, 0.1) is 18.3 Å². The van der Waals surface area contributed by atoms with Crippen LogP contribution in [0.25, 0.3) is 0 Å². The molecule has 0 amide bonds. The van der Waals surface area contributed by atoms with Gasteiger partial charge in [-0.3, -0.25) is 0 Å². The van der Waals surface area contributed by atoms with Gasteiger partial charge in [-0.15, -0.1) is 0 Å². The Labute approximate surface area is 101 Å². The minimum atomic E-state index is -0.392. The average molecular weight is 232 g/mol. The second-order valence-corrected chi connectivity index (χ2v) is 5.73. The summed E-state index contributed by atoms with van der Waals surface area (Å²) in [5.74, 6) is 1.06. The van der Waals surface area contributed by atoms with Crippen LogP contribution in [0.15, 0.2) is 24.3 Å². The predicted octanol–water partition coefficient (Wildman–Crippen LogP) is 3.19. The Kier molecular flexibility index (Phi) is 3.11. The van der Waals surface area contributed by atoms with Gasteiger partial charge in [0.05, 0.1) is 6.07 Å². The molecule has 1 aliphatic rings. The lowest BCUT2D eigenvalue weighted by Gasteiger charge is -2.28. The first-order chi connectivity index (χ1) is 7.68. The molecule has 0 saturated carbocycles. The number of hydrogen-bond acceptors (Lipinski definition) is 3. The average Bonchev–Trinajstić information content (AvgIpc) is 2.64. The molecule has 2 unspecified atom stereocenters. The van der Waals surface area contributed by atoms with Gasteiger partial charge in [0.25, 0.3) is 0 Å². The van der Waals surface area contributed by atoms with E-state index in [1.165, 1.54) is 5.56 Å². The zero-order valence-corrected chi connectivity index (χ0v) is 10.5. The maximum Gasteiger partial charge on any atom is 0.137 e. The summed E-state index contributed by atoms with van der Waals surface area (Å²) in [6, 6.07) is 10.6. The van der Waals surface area contributed by atoms with Crippen molar-refractivity contribution in [2.45, 2.75) is 31.1 Å². The summed E-state index contributed by atoms with van der Waals surface area (Å²) < 4.78 is 0. The van der Waals surface area contributed by atoms with Gasteiger partial charge in [0.1, 0.15) is 5.54 Å². The van der Waals surface area contributed by atoms with Crippen molar-refractivity contribution >= 4 is 17.4 Å². The van der Waals surface area contributed by atoms with Crippen LogP contribution in [0.5, 0.6) is 0 Å². The molecule has 1 aromatic rings. The quantitative estimate of drug-likeness (QED) is 0.850. The van der Waals surface area contributed by atoms with Crippen LogP contribution in [-0.4, -0.2) is 16.5 Å². The number of nitrogens with one attached hydrogen (secondary N) is 1. The van der Waals surface area contributed by atoms with Crippen LogP contribution < -0.4 is 5.32 Å². The maximum absolute atomic E-state index is 9.41. The van der Waals surface area contributed by atoms with Crippen molar-refractivity contribution in [3.8, 4) is 6.07 Å². The zero-order chi connectivity index (χ0) is 11.6. The molecular weight excluding hydrogens is 216 g/mol. The molecule has 2 atom stereocenters. The largest absolute Gasteiger partial charge is 0.366 e. The van der Waals surface area contributed by atoms with Crippen molar-refractivity contribution in [2.24, 2.45) is 0 Å². The van der Waals surface area contributed by atoms with E-state index >= 15 is 0 Å². The highest BCUT2D eigenvalue weighted by Gasteiger charge is 2.41. The molecule has 1 aliphatic heterocycles. The Hall–Kier alpha value is -1.14. The molecular formula is C13H16N2S. The number of rotatable bonds is 2. The lowest BCUT2D eigenvalue weighted by molar-refractivity contribution is 0.592. The van der Waals surface area contributed by atoms with Crippen LogP contribution in [-0.2, 0) is 0 Å². The molecule has 0 radical (unpaired) electrons. The SMILES string of the molecule is Cc1ccccc1NC1(C#N)CCSC1C. The van der Waals surface area contributed by atoms with E-state index in [0.29, 0.717) is 5.25 Å². The molecule has 0 aromatic heterocycles. The molecule has 2 nitrogen and oxygen atoms in total. The first-order valence-electron chi connectivity index (χ1n) is 5.54. The Morgan fingerprint density at radius 2 is 2.25 bits per heavy atom. The van der Waals surface area contributed by atoms with Gasteiger partial charge in [-0.05, 0) is 37.7 Å². The molecule has 16 heavy (non-hydrogen) atoms. The lowest BCUT2D eigenvalue weighted by atomic mass is 9.93. The fourth-order valence-electron chi connectivity index (χ4n) is 2.03. The zero-order valence-electron chi connectivity index (χ0n) is 9.66. The molecule has 1 aromatic carbocycles. The Morgan fingerprint density at radius 1 is 1.50 bits per heavy atom. The van der Waals surface area contributed by atoms with Crippen LogP contribution in [0.2, 0.25) is 0 Å². The van der Waals surface area contributed by atoms with E-state index < -0.39 is 5.54 Å². The van der Waals surface area contributed by atoms with Gasteiger partial charge in [0.2, 0.25) is 0 Å². The van der Waals surface area contributed by atoms with Gasteiger partial charge in [-0.2, -0.15) is 17.0 Å². The molecule has 1 N–H and O–H groups in total. The first-order valence-corrected chi connectivity index (χ1v) is 6.59. The summed E-state index contributed by atoms with van der Waals surface area (Å²) >= 11 is 1.87. The molecule has 1 fully saturated rings. The summed E-state index contributed by atoms with van der Waals surface area (Å²) in [5, 5.41) is 13.2. The number of anilines is 1. The highest BCUT2D eigenvalue weighted by atomic mass is 32.2. The Bertz CT molecular complexity index is 424. The number of nitrogens with zero attached hydrogens (tertiary/aromatic N) is 1. The predicted molar refractivity (Wildman–Crippen MR) is 69.7 cm³/mol. The normalized spacial score (nSPS) is 28.7. The highest BCUT2D eigenvalue weighted by Crippen LogP contribution is 2.38. The third-order valence-corrected chi connectivity index (χ3v) is 4.60. The van der Waals surface area contributed by atoms with Crippen molar-refractivity contribution in [2.75, 3.05) is 11.1 Å². The fraction of sp³-hybridized carbons (Fsp3) is 0.462. The topological polar surface area (TPSA) is 35.8 Å². The van der Waals surface area contributed by atoms with Crippen LogP contribution in [0.3, 0.4) is 0 Å². The number of thioether (sulfide) groups is 1. The van der Waals surface area contributed by atoms with Crippen LogP contribution in [0.4, 0.5) is 5.69 Å². The van der Waals surface area contributed by atoms with E-state index in [4.69, 9.17) is 0 Å². The Balaban J connectivity index is 2.27. The van der Waals surface area contributed by atoms with Crippen molar-refractivity contribution in [1.82, 2.24) is 0 Å². The molecule has 0 bridgehead atoms. The summed E-state index contributed by atoms with van der Waals surface area (Å²) in [6.45, 7) is 4.20. The van der Waals surface area contributed by atoms with E-state index in [1.807, 2.05) is 30.0 Å². The highest BCUT2D eigenvalue weighted by molar-refractivity contribution is 8.00. The molecule has 2 rings (SSSR count). The van der Waals surface area contributed by atoms with Gasteiger partial charge < -0.3 is 5.32 Å². The first kappa shape index (κ1) is 11.3. The van der Waals surface area contributed by atoms with Gasteiger partial charge in [-0.25, -0.2) is 0 Å². The van der Waals surface area contributed by atoms with Gasteiger partial charge in [0, 0.05) is 10.9 Å². The van der Waals surface area contributed by atoms with Gasteiger partial charge >= 0.3 is 0 Å². The molecule has 3 heteroatoms. The number of aryl methyl sites for hydroxylation is 1. The molecule has 1 saturated heterocycles. The fourth-order valence-corrected chi connectivity index (χ4v) is 3.34. The number of hydrogen-bond donors (Lipinski definition) is 1. The minimum absolute atomic E-state index is 0.345. The Morgan fingerprint density at radius 3 is 2.81 bits per heavy atom. The van der Waals surface area contributed by atoms with E-state index in [1.54, 1.807) is 0 Å². The van der Waals surface area contributed by atoms with E-state index in [2.05, 4.69) is 31.3 Å². The standard InChI is InChI=1S/C13H16N2S/c1-10-5-3-4-6-12(10)15-13(9-14)7-8-16-11(13)2/h3-6,11,15H,7-8H2,1-2H3. The minimum Gasteiger partial charge on any atom is -0.366 e. The number of nitriles is 1. The second kappa shape index (κ2) is 4.39. The molecule has 84 valence electrons. The van der Waals surface area contributed by atoms with Crippen molar-refractivity contribution < 1.29 is 0 Å². The third-order valence-electron chi connectivity index (χ3n) is 3.26.